The van der Waals surface area contributed by atoms with Gasteiger partial charge in [-0.25, -0.2) is 14.4 Å². The summed E-state index contributed by atoms with van der Waals surface area (Å²) in [5.74, 6) is 2.31. The van der Waals surface area contributed by atoms with E-state index in [2.05, 4.69) is 33.8 Å². The molecule has 0 fully saturated rings. The van der Waals surface area contributed by atoms with Crippen LogP contribution in [0.4, 0.5) is 17.6 Å². The standard InChI is InChI=1S/C20H13F4N3OS.C7H14N2.C3H8/c21-12-1-3-13(4-2-12)28-14-5-6-16-17(9-14)27-19(26-16)11-29-15-7-8-25-18(10-15)20(22,23)24;1-4-5-7(8)9-6(2)3;1-3-2/h1-10H,11H2,(H,26,27);5H,4,8H2,1-3H3;3H2,1-2H3/b;7-5-;. The summed E-state index contributed by atoms with van der Waals surface area (Å²) >= 11 is 1.23. The number of imidazole rings is 1. The number of allylic oxidation sites excluding steroid dienone is 1. The van der Waals surface area contributed by atoms with Gasteiger partial charge in [-0.05, 0) is 74.9 Å². The van der Waals surface area contributed by atoms with Gasteiger partial charge in [0, 0.05) is 22.9 Å². The Kier molecular flexibility index (Phi) is 13.4. The van der Waals surface area contributed by atoms with Gasteiger partial charge in [-0.2, -0.15) is 13.2 Å². The van der Waals surface area contributed by atoms with Gasteiger partial charge in [0.15, 0.2) is 0 Å². The van der Waals surface area contributed by atoms with E-state index in [9.17, 15) is 17.6 Å². The number of ether oxygens (including phenoxy) is 1. The molecule has 11 heteroatoms. The van der Waals surface area contributed by atoms with E-state index in [4.69, 9.17) is 10.5 Å². The molecule has 220 valence electrons. The second-order valence-electron chi connectivity index (χ2n) is 8.89. The van der Waals surface area contributed by atoms with E-state index in [0.717, 1.165) is 29.9 Å². The molecule has 0 aliphatic rings. The van der Waals surface area contributed by atoms with Gasteiger partial charge in [-0.3, -0.25) is 4.98 Å². The fourth-order valence-corrected chi connectivity index (χ4v) is 3.92. The van der Waals surface area contributed by atoms with Crippen molar-refractivity contribution in [2.75, 3.05) is 0 Å². The molecule has 0 aliphatic carbocycles. The molecule has 0 unspecified atom stereocenters. The van der Waals surface area contributed by atoms with E-state index in [1.807, 2.05) is 26.8 Å². The highest BCUT2D eigenvalue weighted by Gasteiger charge is 2.32. The Morgan fingerprint density at radius 2 is 1.68 bits per heavy atom. The van der Waals surface area contributed by atoms with Crippen LogP contribution < -0.4 is 10.5 Å². The van der Waals surface area contributed by atoms with Crippen molar-refractivity contribution in [3.05, 3.63) is 90.0 Å². The second-order valence-corrected chi connectivity index (χ2v) is 9.93. The van der Waals surface area contributed by atoms with Gasteiger partial charge in [0.2, 0.25) is 0 Å². The molecule has 0 radical (unpaired) electrons. The van der Waals surface area contributed by atoms with E-state index in [1.165, 1.54) is 48.5 Å². The summed E-state index contributed by atoms with van der Waals surface area (Å²) in [5.41, 5.74) is 6.97. The van der Waals surface area contributed by atoms with Crippen molar-refractivity contribution in [2.24, 2.45) is 10.7 Å². The van der Waals surface area contributed by atoms with Gasteiger partial charge < -0.3 is 15.5 Å². The number of pyridine rings is 1. The number of rotatable bonds is 7. The van der Waals surface area contributed by atoms with Crippen molar-refractivity contribution in [1.82, 2.24) is 15.0 Å². The molecule has 6 nitrogen and oxygen atoms in total. The van der Waals surface area contributed by atoms with E-state index in [1.54, 1.807) is 18.2 Å². The molecule has 2 aromatic carbocycles. The Labute approximate surface area is 242 Å². The highest BCUT2D eigenvalue weighted by Crippen LogP contribution is 2.31. The lowest BCUT2D eigenvalue weighted by Crippen LogP contribution is -2.07. The first-order chi connectivity index (χ1) is 19.4. The van der Waals surface area contributed by atoms with E-state index in [-0.39, 0.29) is 5.82 Å². The van der Waals surface area contributed by atoms with Crippen molar-refractivity contribution >= 4 is 28.5 Å². The van der Waals surface area contributed by atoms with Crippen LogP contribution in [0.5, 0.6) is 11.5 Å². The zero-order valence-electron chi connectivity index (χ0n) is 23.7. The molecule has 0 spiro atoms. The summed E-state index contributed by atoms with van der Waals surface area (Å²) < 4.78 is 57.0. The van der Waals surface area contributed by atoms with Crippen LogP contribution in [0, 0.1) is 5.82 Å². The first kappa shape index (κ1) is 33.3. The van der Waals surface area contributed by atoms with Crippen molar-refractivity contribution < 1.29 is 22.3 Å². The predicted molar refractivity (Wildman–Crippen MR) is 159 cm³/mol. The Hall–Kier alpha value is -3.86. The van der Waals surface area contributed by atoms with Crippen LogP contribution in [-0.4, -0.2) is 20.7 Å². The molecule has 0 amide bonds. The number of thioether (sulfide) groups is 1. The van der Waals surface area contributed by atoms with Crippen LogP contribution in [0.3, 0.4) is 0 Å². The highest BCUT2D eigenvalue weighted by atomic mass is 32.2. The van der Waals surface area contributed by atoms with Gasteiger partial charge in [0.05, 0.1) is 16.8 Å². The summed E-state index contributed by atoms with van der Waals surface area (Å²) in [5, 5.41) is 0. The summed E-state index contributed by atoms with van der Waals surface area (Å²) in [4.78, 5) is 15.4. The van der Waals surface area contributed by atoms with Crippen LogP contribution in [0.25, 0.3) is 11.0 Å². The topological polar surface area (TPSA) is 89.2 Å². The van der Waals surface area contributed by atoms with Gasteiger partial charge in [0.25, 0.3) is 0 Å². The number of fused-ring (bicyclic) bond motifs is 1. The number of aromatic nitrogens is 3. The van der Waals surface area contributed by atoms with Crippen molar-refractivity contribution in [2.45, 2.75) is 64.3 Å². The van der Waals surface area contributed by atoms with E-state index >= 15 is 0 Å². The Morgan fingerprint density at radius 1 is 1.02 bits per heavy atom. The number of benzene rings is 2. The molecule has 3 N–H and O–H groups in total. The molecular formula is C30H35F4N5OS. The van der Waals surface area contributed by atoms with Gasteiger partial charge in [-0.1, -0.05) is 27.2 Å². The molecule has 0 saturated carbocycles. The summed E-state index contributed by atoms with van der Waals surface area (Å²) in [6.07, 6.45) is 0.759. The van der Waals surface area contributed by atoms with Gasteiger partial charge in [0.1, 0.15) is 34.7 Å². The predicted octanol–water partition coefficient (Wildman–Crippen LogP) is 9.29. The van der Waals surface area contributed by atoms with Crippen molar-refractivity contribution in [3.8, 4) is 11.5 Å². The van der Waals surface area contributed by atoms with E-state index in [0.29, 0.717) is 39.3 Å². The number of hydrogen-bond acceptors (Lipinski definition) is 6. The fraction of sp³-hybridized carbons (Fsp3) is 0.300. The molecule has 0 saturated heterocycles. The molecule has 0 bridgehead atoms. The quantitative estimate of drug-likeness (QED) is 0.127. The fourth-order valence-electron chi connectivity index (χ4n) is 3.13. The van der Waals surface area contributed by atoms with Crippen LogP contribution in [0.2, 0.25) is 0 Å². The number of aromatic amines is 1. The number of aliphatic imine (C=N–C) groups is 1. The number of nitrogens with zero attached hydrogens (tertiary/aromatic N) is 3. The maximum absolute atomic E-state index is 13.0. The molecule has 0 aliphatic heterocycles. The number of nitrogens with two attached hydrogens (primary N) is 1. The smallest absolute Gasteiger partial charge is 0.433 e. The zero-order chi connectivity index (χ0) is 30.4. The average Bonchev–Trinajstić information content (AvgIpc) is 3.31. The monoisotopic (exact) mass is 589 g/mol. The Bertz CT molecular complexity index is 1430. The van der Waals surface area contributed by atoms with Crippen molar-refractivity contribution in [1.29, 1.82) is 0 Å². The van der Waals surface area contributed by atoms with Crippen LogP contribution in [0.1, 0.15) is 59.0 Å². The summed E-state index contributed by atoms with van der Waals surface area (Å²) in [6.45, 7) is 10.1. The Balaban J connectivity index is 0.000000416. The third-order valence-electron chi connectivity index (χ3n) is 4.72. The lowest BCUT2D eigenvalue weighted by Gasteiger charge is -2.06. The molecule has 4 rings (SSSR count). The van der Waals surface area contributed by atoms with E-state index < -0.39 is 11.9 Å². The number of hydrogen-bond donors (Lipinski definition) is 2. The van der Waals surface area contributed by atoms with Gasteiger partial charge >= 0.3 is 6.18 Å². The van der Waals surface area contributed by atoms with Crippen LogP contribution in [-0.2, 0) is 11.9 Å². The minimum absolute atomic E-state index is 0.347. The van der Waals surface area contributed by atoms with Crippen LogP contribution >= 0.6 is 11.8 Å². The second kappa shape index (κ2) is 16.4. The number of nitrogens with one attached hydrogen (secondary N) is 1. The Morgan fingerprint density at radius 3 is 2.29 bits per heavy atom. The molecular weight excluding hydrogens is 554 g/mol. The molecule has 0 atom stereocenters. The SMILES string of the molecule is CC/C=C(/N)N=C(C)C.CCC.Fc1ccc(Oc2ccc3nc(CSc4ccnc(C(F)(F)F)c4)[nH]c3c2)cc1. The van der Waals surface area contributed by atoms with Crippen molar-refractivity contribution in [3.63, 3.8) is 0 Å². The molecule has 2 heterocycles. The molecule has 41 heavy (non-hydrogen) atoms. The maximum Gasteiger partial charge on any atom is 0.433 e. The largest absolute Gasteiger partial charge is 0.457 e. The summed E-state index contributed by atoms with van der Waals surface area (Å²) in [6, 6.07) is 13.5. The third kappa shape index (κ3) is 12.0. The third-order valence-corrected chi connectivity index (χ3v) is 5.72. The molecule has 4 aromatic rings. The summed E-state index contributed by atoms with van der Waals surface area (Å²) in [7, 11) is 0. The number of H-pyrrole nitrogens is 1. The first-order valence-corrected chi connectivity index (χ1v) is 14.0. The van der Waals surface area contributed by atoms with Crippen LogP contribution in [0.15, 0.2) is 82.6 Å². The minimum Gasteiger partial charge on any atom is -0.457 e. The lowest BCUT2D eigenvalue weighted by molar-refractivity contribution is -0.141. The number of alkyl halides is 3. The normalized spacial score (nSPS) is 11.2. The maximum atomic E-state index is 13.0. The zero-order valence-corrected chi connectivity index (χ0v) is 24.5. The van der Waals surface area contributed by atoms with Gasteiger partial charge in [-0.15, -0.1) is 11.8 Å². The number of halogens is 4. The highest BCUT2D eigenvalue weighted by molar-refractivity contribution is 7.98. The first-order valence-electron chi connectivity index (χ1n) is 13.0. The molecule has 2 aromatic heterocycles. The minimum atomic E-state index is -4.48. The lowest BCUT2D eigenvalue weighted by atomic mass is 10.3. The average molecular weight is 590 g/mol.